The molecule has 0 N–H and O–H groups in total. The van der Waals surface area contributed by atoms with Crippen LogP contribution in [0.2, 0.25) is 0 Å². The summed E-state index contributed by atoms with van der Waals surface area (Å²) in [5, 5.41) is 0. The van der Waals surface area contributed by atoms with Gasteiger partial charge in [-0.3, -0.25) is 0 Å². The molecule has 1 nitrogen and oxygen atoms in total. The summed E-state index contributed by atoms with van der Waals surface area (Å²) in [6, 6.07) is 26.9. The van der Waals surface area contributed by atoms with Crippen molar-refractivity contribution < 1.29 is 0 Å². The van der Waals surface area contributed by atoms with Crippen LogP contribution in [0.1, 0.15) is 76.3 Å². The minimum Gasteiger partial charge on any atom is -0.311 e. The third-order valence-corrected chi connectivity index (χ3v) is 6.64. The maximum Gasteiger partial charge on any atom is 0.0462 e. The lowest BCUT2D eigenvalue weighted by Crippen LogP contribution is -2.10. The highest BCUT2D eigenvalue weighted by Crippen LogP contribution is 2.35. The molecule has 0 saturated heterocycles. The molecule has 0 amide bonds. The summed E-state index contributed by atoms with van der Waals surface area (Å²) >= 11 is 3.58. The van der Waals surface area contributed by atoms with E-state index in [-0.39, 0.29) is 0 Å². The molecule has 0 unspecified atom stereocenters. The van der Waals surface area contributed by atoms with E-state index in [9.17, 15) is 0 Å². The van der Waals surface area contributed by atoms with Crippen molar-refractivity contribution in [1.82, 2.24) is 0 Å². The molecule has 0 atom stereocenters. The first-order chi connectivity index (χ1) is 15.7. The zero-order chi connectivity index (χ0) is 22.6. The van der Waals surface area contributed by atoms with Gasteiger partial charge in [0.05, 0.1) is 0 Å². The lowest BCUT2D eigenvalue weighted by atomic mass is 10.0. The summed E-state index contributed by atoms with van der Waals surface area (Å²) in [5.74, 6) is 0. The van der Waals surface area contributed by atoms with E-state index in [0.717, 1.165) is 4.47 Å². The van der Waals surface area contributed by atoms with Crippen molar-refractivity contribution in [2.24, 2.45) is 0 Å². The largest absolute Gasteiger partial charge is 0.311 e. The van der Waals surface area contributed by atoms with Gasteiger partial charge in [0.1, 0.15) is 0 Å². The molecule has 0 bridgehead atoms. The second-order valence-corrected chi connectivity index (χ2v) is 9.68. The molecular formula is C30H38BrN. The molecule has 0 radical (unpaired) electrons. The van der Waals surface area contributed by atoms with Crippen LogP contribution in [0.25, 0.3) is 0 Å². The van der Waals surface area contributed by atoms with Gasteiger partial charge < -0.3 is 4.90 Å². The fraction of sp³-hybridized carbons (Fsp3) is 0.400. The van der Waals surface area contributed by atoms with Gasteiger partial charge in [0.2, 0.25) is 0 Å². The van der Waals surface area contributed by atoms with E-state index in [2.05, 4.69) is 107 Å². The summed E-state index contributed by atoms with van der Waals surface area (Å²) in [6.45, 7) is 4.54. The zero-order valence-electron chi connectivity index (χ0n) is 19.8. The summed E-state index contributed by atoms with van der Waals surface area (Å²) < 4.78 is 1.10. The highest BCUT2D eigenvalue weighted by atomic mass is 79.9. The number of nitrogens with zero attached hydrogens (tertiary/aromatic N) is 1. The van der Waals surface area contributed by atoms with E-state index in [1.54, 1.807) is 0 Å². The van der Waals surface area contributed by atoms with Crippen LogP contribution in [-0.4, -0.2) is 0 Å². The number of aryl methyl sites for hydroxylation is 2. The Labute approximate surface area is 204 Å². The molecule has 3 aromatic rings. The molecule has 3 rings (SSSR count). The Kier molecular flexibility index (Phi) is 10.4. The predicted molar refractivity (Wildman–Crippen MR) is 145 cm³/mol. The van der Waals surface area contributed by atoms with Gasteiger partial charge in [0.15, 0.2) is 0 Å². The van der Waals surface area contributed by atoms with E-state index in [0.29, 0.717) is 0 Å². The Balaban J connectivity index is 1.78. The van der Waals surface area contributed by atoms with Crippen LogP contribution < -0.4 is 4.90 Å². The van der Waals surface area contributed by atoms with Gasteiger partial charge in [-0.25, -0.2) is 0 Å². The van der Waals surface area contributed by atoms with E-state index >= 15 is 0 Å². The van der Waals surface area contributed by atoms with Crippen molar-refractivity contribution in [1.29, 1.82) is 0 Å². The maximum absolute atomic E-state index is 3.58. The molecule has 0 aliphatic heterocycles. The number of hydrogen-bond acceptors (Lipinski definition) is 1. The molecule has 3 aromatic carbocycles. The molecule has 0 aliphatic rings. The topological polar surface area (TPSA) is 3.24 Å². The van der Waals surface area contributed by atoms with Crippen molar-refractivity contribution in [2.75, 3.05) is 4.90 Å². The summed E-state index contributed by atoms with van der Waals surface area (Å²) in [7, 11) is 0. The zero-order valence-corrected chi connectivity index (χ0v) is 21.4. The number of benzene rings is 3. The van der Waals surface area contributed by atoms with Crippen LogP contribution in [0.15, 0.2) is 77.3 Å². The highest BCUT2D eigenvalue weighted by molar-refractivity contribution is 9.10. The lowest BCUT2D eigenvalue weighted by Gasteiger charge is -2.26. The molecule has 32 heavy (non-hydrogen) atoms. The fourth-order valence-corrected chi connectivity index (χ4v) is 4.44. The maximum atomic E-state index is 3.58. The van der Waals surface area contributed by atoms with Gasteiger partial charge >= 0.3 is 0 Å². The van der Waals surface area contributed by atoms with Crippen LogP contribution in [-0.2, 0) is 12.8 Å². The van der Waals surface area contributed by atoms with Gasteiger partial charge in [-0.15, -0.1) is 0 Å². The van der Waals surface area contributed by atoms with Crippen molar-refractivity contribution >= 4 is 33.0 Å². The minimum atomic E-state index is 1.10. The molecule has 0 spiro atoms. The van der Waals surface area contributed by atoms with E-state index in [4.69, 9.17) is 0 Å². The van der Waals surface area contributed by atoms with E-state index in [1.807, 2.05) is 0 Å². The summed E-state index contributed by atoms with van der Waals surface area (Å²) in [4.78, 5) is 2.36. The smallest absolute Gasteiger partial charge is 0.0462 e. The molecule has 170 valence electrons. The fourth-order valence-electron chi connectivity index (χ4n) is 4.17. The van der Waals surface area contributed by atoms with Crippen LogP contribution in [0, 0.1) is 0 Å². The van der Waals surface area contributed by atoms with Crippen LogP contribution >= 0.6 is 15.9 Å². The molecule has 0 heterocycles. The van der Waals surface area contributed by atoms with Gasteiger partial charge in [0.25, 0.3) is 0 Å². The molecule has 0 fully saturated rings. The van der Waals surface area contributed by atoms with Gasteiger partial charge in [0, 0.05) is 21.5 Å². The average molecular weight is 493 g/mol. The predicted octanol–water partition coefficient (Wildman–Crippen LogP) is 10.2. The number of halogens is 1. The first-order valence-electron chi connectivity index (χ1n) is 12.4. The highest BCUT2D eigenvalue weighted by Gasteiger charge is 2.12. The monoisotopic (exact) mass is 491 g/mol. The standard InChI is InChI=1S/C30H38BrN/c1-3-5-7-9-11-25-13-19-28(20-14-25)32(30-23-17-27(31)18-24-30)29-21-15-26(16-22-29)12-10-8-6-4-2/h13-24H,3-12H2,1-2H3. The Morgan fingerprint density at radius 3 is 1.25 bits per heavy atom. The summed E-state index contributed by atoms with van der Waals surface area (Å²) in [5.41, 5.74) is 6.46. The Morgan fingerprint density at radius 2 is 0.875 bits per heavy atom. The average Bonchev–Trinajstić information content (AvgIpc) is 2.83. The third-order valence-electron chi connectivity index (χ3n) is 6.11. The summed E-state index contributed by atoms with van der Waals surface area (Å²) in [6.07, 6.45) is 12.8. The quantitative estimate of drug-likeness (QED) is 0.215. The Hall–Kier alpha value is -2.06. The molecule has 2 heteroatoms. The van der Waals surface area contributed by atoms with Gasteiger partial charge in [-0.1, -0.05) is 92.6 Å². The normalized spacial score (nSPS) is 11.0. The third kappa shape index (κ3) is 7.52. The second kappa shape index (κ2) is 13.5. The molecule has 0 saturated carbocycles. The van der Waals surface area contributed by atoms with Crippen molar-refractivity contribution in [2.45, 2.75) is 78.1 Å². The number of unbranched alkanes of at least 4 members (excludes halogenated alkanes) is 6. The van der Waals surface area contributed by atoms with Crippen molar-refractivity contribution in [3.8, 4) is 0 Å². The van der Waals surface area contributed by atoms with E-state index in [1.165, 1.54) is 92.4 Å². The molecule has 0 aliphatic carbocycles. The number of rotatable bonds is 13. The van der Waals surface area contributed by atoms with Crippen molar-refractivity contribution in [3.63, 3.8) is 0 Å². The molecule has 0 aromatic heterocycles. The van der Waals surface area contributed by atoms with Gasteiger partial charge in [-0.2, -0.15) is 0 Å². The Bertz CT molecular complexity index is 842. The Morgan fingerprint density at radius 1 is 0.500 bits per heavy atom. The van der Waals surface area contributed by atoms with Gasteiger partial charge in [-0.05, 0) is 85.3 Å². The van der Waals surface area contributed by atoms with E-state index < -0.39 is 0 Å². The lowest BCUT2D eigenvalue weighted by molar-refractivity contribution is 0.667. The first-order valence-corrected chi connectivity index (χ1v) is 13.2. The minimum absolute atomic E-state index is 1.10. The SMILES string of the molecule is CCCCCCc1ccc(N(c2ccc(Br)cc2)c2ccc(CCCCCC)cc2)cc1. The van der Waals surface area contributed by atoms with Crippen LogP contribution in [0.4, 0.5) is 17.1 Å². The first kappa shape index (κ1) is 24.6. The number of anilines is 3. The number of hydrogen-bond donors (Lipinski definition) is 0. The van der Waals surface area contributed by atoms with Crippen LogP contribution in [0.5, 0.6) is 0 Å². The second-order valence-electron chi connectivity index (χ2n) is 8.77. The van der Waals surface area contributed by atoms with Crippen LogP contribution in [0.3, 0.4) is 0 Å². The molecular weight excluding hydrogens is 454 g/mol. The van der Waals surface area contributed by atoms with Crippen molar-refractivity contribution in [3.05, 3.63) is 88.4 Å².